The highest BCUT2D eigenvalue weighted by Gasteiger charge is 2.50. The first kappa shape index (κ1) is 20.7. The summed E-state index contributed by atoms with van der Waals surface area (Å²) in [6.45, 7) is 4.10. The van der Waals surface area contributed by atoms with Gasteiger partial charge in [-0.3, -0.25) is 9.59 Å². The fourth-order valence-electron chi connectivity index (χ4n) is 6.98. The Hall–Kier alpha value is -2.24. The van der Waals surface area contributed by atoms with Gasteiger partial charge in [0.1, 0.15) is 5.75 Å². The molecule has 0 aromatic heterocycles. The number of hydrogen-bond donors (Lipinski definition) is 2. The van der Waals surface area contributed by atoms with Gasteiger partial charge in [0.25, 0.3) is 5.91 Å². The smallest absolute Gasteiger partial charge is 0.262 e. The predicted octanol–water partition coefficient (Wildman–Crippen LogP) is 3.11. The molecule has 1 heterocycles. The molecule has 168 valence electrons. The van der Waals surface area contributed by atoms with Gasteiger partial charge in [0.15, 0.2) is 6.10 Å². The number of anilines is 1. The van der Waals surface area contributed by atoms with Gasteiger partial charge in [-0.25, -0.2) is 0 Å². The first-order valence-electron chi connectivity index (χ1n) is 12.1. The van der Waals surface area contributed by atoms with Gasteiger partial charge in [-0.2, -0.15) is 0 Å². The van der Waals surface area contributed by atoms with E-state index >= 15 is 0 Å². The molecule has 0 spiro atoms. The van der Waals surface area contributed by atoms with E-state index in [9.17, 15) is 9.59 Å². The van der Waals surface area contributed by atoms with Gasteiger partial charge in [0.2, 0.25) is 5.91 Å². The molecule has 0 unspecified atom stereocenters. The van der Waals surface area contributed by atoms with E-state index in [2.05, 4.69) is 10.6 Å². The van der Waals surface area contributed by atoms with Gasteiger partial charge in [-0.05, 0) is 80.2 Å². The zero-order chi connectivity index (χ0) is 21.4. The maximum absolute atomic E-state index is 13.0. The fraction of sp³-hybridized carbons (Fsp3) is 0.680. The number of carbonyl (C=O) groups is 2. The second-order valence-electron chi connectivity index (χ2n) is 10.4. The summed E-state index contributed by atoms with van der Waals surface area (Å²) < 4.78 is 5.94. The van der Waals surface area contributed by atoms with Gasteiger partial charge in [-0.15, -0.1) is 0 Å². The number of nitrogens with zero attached hydrogens (tertiary/aromatic N) is 1. The monoisotopic (exact) mass is 425 g/mol. The highest BCUT2D eigenvalue weighted by Crippen LogP contribution is 2.59. The Kier molecular flexibility index (Phi) is 5.57. The minimum absolute atomic E-state index is 0.0418. The van der Waals surface area contributed by atoms with Crippen LogP contribution < -0.4 is 20.3 Å². The predicted molar refractivity (Wildman–Crippen MR) is 120 cm³/mol. The minimum Gasteiger partial charge on any atom is -0.477 e. The summed E-state index contributed by atoms with van der Waals surface area (Å²) in [5.74, 6) is 3.25. The second-order valence-corrected chi connectivity index (χ2v) is 10.4. The average Bonchev–Trinajstić information content (AvgIpc) is 2.75. The summed E-state index contributed by atoms with van der Waals surface area (Å²) >= 11 is 0. The van der Waals surface area contributed by atoms with Crippen molar-refractivity contribution >= 4 is 17.5 Å². The number of nitrogens with one attached hydrogen (secondary N) is 2. The van der Waals surface area contributed by atoms with Crippen LogP contribution in [0.3, 0.4) is 0 Å². The van der Waals surface area contributed by atoms with Crippen LogP contribution in [0.5, 0.6) is 5.75 Å². The van der Waals surface area contributed by atoms with E-state index in [0.29, 0.717) is 24.3 Å². The standard InChI is InChI=1S/C25H35N3O3/c1-2-7-26-24(30)22-14-28(20-5-3-4-6-21(20)31-22)15-23(29)27-16-25-11-17-8-18(12-25)10-19(9-17)13-25/h3-6,17-19,22H,2,7-16H2,1H3,(H,26,30)(H,27,29)/t17?,18?,19?,22-,25?/m1/s1. The van der Waals surface area contributed by atoms with Gasteiger partial charge in [0, 0.05) is 13.1 Å². The molecule has 2 amide bonds. The maximum atomic E-state index is 13.0. The van der Waals surface area contributed by atoms with Crippen molar-refractivity contribution in [2.24, 2.45) is 23.2 Å². The number of hydrogen-bond acceptors (Lipinski definition) is 4. The third-order valence-corrected chi connectivity index (χ3v) is 7.86. The van der Waals surface area contributed by atoms with Crippen LogP contribution in [-0.2, 0) is 9.59 Å². The Morgan fingerprint density at radius 3 is 2.42 bits per heavy atom. The Bertz CT molecular complexity index is 804. The van der Waals surface area contributed by atoms with Crippen molar-refractivity contribution in [2.45, 2.75) is 58.0 Å². The van der Waals surface area contributed by atoms with Crippen molar-refractivity contribution in [1.82, 2.24) is 10.6 Å². The van der Waals surface area contributed by atoms with Crippen molar-refractivity contribution < 1.29 is 14.3 Å². The lowest BCUT2D eigenvalue weighted by Gasteiger charge is -2.57. The van der Waals surface area contributed by atoms with Crippen molar-refractivity contribution in [3.63, 3.8) is 0 Å². The topological polar surface area (TPSA) is 70.7 Å². The van der Waals surface area contributed by atoms with Crippen molar-refractivity contribution in [3.05, 3.63) is 24.3 Å². The molecule has 0 radical (unpaired) electrons. The van der Waals surface area contributed by atoms with Crippen LogP contribution >= 0.6 is 0 Å². The molecule has 5 aliphatic rings. The van der Waals surface area contributed by atoms with Crippen LogP contribution in [-0.4, -0.2) is 44.1 Å². The Labute approximate surface area is 185 Å². The molecule has 1 aromatic rings. The largest absolute Gasteiger partial charge is 0.477 e. The average molecular weight is 426 g/mol. The number of para-hydroxylation sites is 2. The molecule has 6 rings (SSSR count). The Balaban J connectivity index is 1.22. The third-order valence-electron chi connectivity index (χ3n) is 7.86. The number of fused-ring (bicyclic) bond motifs is 1. The normalized spacial score (nSPS) is 32.9. The summed E-state index contributed by atoms with van der Waals surface area (Å²) in [5.41, 5.74) is 1.21. The first-order valence-corrected chi connectivity index (χ1v) is 12.1. The summed E-state index contributed by atoms with van der Waals surface area (Å²) in [4.78, 5) is 27.5. The molecule has 1 aliphatic heterocycles. The van der Waals surface area contributed by atoms with Crippen molar-refractivity contribution in [1.29, 1.82) is 0 Å². The van der Waals surface area contributed by atoms with E-state index in [4.69, 9.17) is 4.74 Å². The number of benzene rings is 1. The van der Waals surface area contributed by atoms with Crippen LogP contribution in [0.25, 0.3) is 0 Å². The number of carbonyl (C=O) groups excluding carboxylic acids is 2. The van der Waals surface area contributed by atoms with Gasteiger partial charge in [0.05, 0.1) is 18.8 Å². The summed E-state index contributed by atoms with van der Waals surface area (Å²) in [6, 6.07) is 7.67. The zero-order valence-corrected chi connectivity index (χ0v) is 18.6. The van der Waals surface area contributed by atoms with E-state index in [1.165, 1.54) is 38.5 Å². The lowest BCUT2D eigenvalue weighted by atomic mass is 9.49. The Morgan fingerprint density at radius 1 is 1.06 bits per heavy atom. The molecular formula is C25H35N3O3. The van der Waals surface area contributed by atoms with E-state index in [1.54, 1.807) is 0 Å². The number of ether oxygens (including phenoxy) is 1. The van der Waals surface area contributed by atoms with Crippen LogP contribution in [0.1, 0.15) is 51.9 Å². The highest BCUT2D eigenvalue weighted by molar-refractivity contribution is 5.86. The van der Waals surface area contributed by atoms with Crippen LogP contribution in [0.15, 0.2) is 24.3 Å². The third kappa shape index (κ3) is 4.26. The highest BCUT2D eigenvalue weighted by atomic mass is 16.5. The van der Waals surface area contributed by atoms with Crippen molar-refractivity contribution in [3.8, 4) is 5.75 Å². The number of amides is 2. The zero-order valence-electron chi connectivity index (χ0n) is 18.6. The summed E-state index contributed by atoms with van der Waals surface area (Å²) in [5, 5.41) is 6.19. The van der Waals surface area contributed by atoms with Crippen LogP contribution in [0.2, 0.25) is 0 Å². The molecule has 31 heavy (non-hydrogen) atoms. The fourth-order valence-corrected chi connectivity index (χ4v) is 6.98. The Morgan fingerprint density at radius 2 is 1.74 bits per heavy atom. The summed E-state index contributed by atoms with van der Waals surface area (Å²) in [7, 11) is 0. The molecule has 4 bridgehead atoms. The van der Waals surface area contributed by atoms with Gasteiger partial charge < -0.3 is 20.3 Å². The van der Waals surface area contributed by atoms with Crippen molar-refractivity contribution in [2.75, 3.05) is 31.1 Å². The molecule has 2 N–H and O–H groups in total. The molecule has 4 fully saturated rings. The van der Waals surface area contributed by atoms with E-state index in [1.807, 2.05) is 36.1 Å². The van der Waals surface area contributed by atoms with Gasteiger partial charge >= 0.3 is 0 Å². The minimum atomic E-state index is -0.600. The quantitative estimate of drug-likeness (QED) is 0.704. The lowest BCUT2D eigenvalue weighted by molar-refractivity contribution is -0.128. The van der Waals surface area contributed by atoms with E-state index in [-0.39, 0.29) is 18.4 Å². The van der Waals surface area contributed by atoms with Crippen LogP contribution in [0, 0.1) is 23.2 Å². The molecule has 1 atom stereocenters. The lowest BCUT2D eigenvalue weighted by Crippen LogP contribution is -2.53. The SMILES string of the molecule is CCCNC(=O)[C@H]1CN(CC(=O)NCC23CC4CC(CC(C4)C2)C3)c2ccccc2O1. The maximum Gasteiger partial charge on any atom is 0.262 e. The molecule has 6 nitrogen and oxygen atoms in total. The molecular weight excluding hydrogens is 390 g/mol. The summed E-state index contributed by atoms with van der Waals surface area (Å²) in [6.07, 6.45) is 8.40. The first-order chi connectivity index (χ1) is 15.0. The number of rotatable bonds is 7. The molecule has 4 aliphatic carbocycles. The molecule has 6 heteroatoms. The van der Waals surface area contributed by atoms with E-state index < -0.39 is 6.10 Å². The molecule has 1 aromatic carbocycles. The molecule has 4 saturated carbocycles. The second kappa shape index (κ2) is 8.36. The van der Waals surface area contributed by atoms with E-state index in [0.717, 1.165) is 36.4 Å². The molecule has 0 saturated heterocycles. The van der Waals surface area contributed by atoms with Crippen LogP contribution in [0.4, 0.5) is 5.69 Å². The van der Waals surface area contributed by atoms with Gasteiger partial charge in [-0.1, -0.05) is 19.1 Å².